The van der Waals surface area contributed by atoms with Gasteiger partial charge in [0.25, 0.3) is 0 Å². The van der Waals surface area contributed by atoms with Crippen LogP contribution in [0.5, 0.6) is 0 Å². The average Bonchev–Trinajstić information content (AvgIpc) is 1.88. The van der Waals surface area contributed by atoms with Crippen molar-refractivity contribution in [2.24, 2.45) is 5.92 Å². The zero-order chi connectivity index (χ0) is 7.61. The lowest BCUT2D eigenvalue weighted by Gasteiger charge is -2.17. The van der Waals surface area contributed by atoms with E-state index in [1.165, 1.54) is 0 Å². The quantitative estimate of drug-likeness (QED) is 0.481. The molecule has 1 fully saturated rings. The van der Waals surface area contributed by atoms with Crippen molar-refractivity contribution < 1.29 is 4.11 Å². The van der Waals surface area contributed by atoms with Crippen LogP contribution in [-0.4, -0.2) is 13.1 Å². The topological polar surface area (TPSA) is 12.0 Å². The SMILES string of the molecule is [2H]C([2H])([2H])C1CCNCC1. The Morgan fingerprint density at radius 2 is 2.29 bits per heavy atom. The largest absolute Gasteiger partial charge is 0.317 e. The van der Waals surface area contributed by atoms with Crippen molar-refractivity contribution >= 4 is 0 Å². The summed E-state index contributed by atoms with van der Waals surface area (Å²) in [5, 5.41) is 3.14. The zero-order valence-corrected chi connectivity index (χ0v) is 4.41. The minimum absolute atomic E-state index is 0.0613. The summed E-state index contributed by atoms with van der Waals surface area (Å²) in [4.78, 5) is 0. The van der Waals surface area contributed by atoms with Crippen LogP contribution in [0.1, 0.15) is 23.8 Å². The molecule has 0 saturated carbocycles. The monoisotopic (exact) mass is 102 g/mol. The van der Waals surface area contributed by atoms with Gasteiger partial charge in [-0.2, -0.15) is 0 Å². The van der Waals surface area contributed by atoms with Crippen LogP contribution in [0.3, 0.4) is 0 Å². The molecule has 0 aromatic rings. The lowest BCUT2D eigenvalue weighted by Crippen LogP contribution is -2.26. The van der Waals surface area contributed by atoms with E-state index in [9.17, 15) is 0 Å². The van der Waals surface area contributed by atoms with Gasteiger partial charge in [-0.1, -0.05) is 6.85 Å². The maximum absolute atomic E-state index is 7.13. The van der Waals surface area contributed by atoms with Gasteiger partial charge in [0.05, 0.1) is 0 Å². The summed E-state index contributed by atoms with van der Waals surface area (Å²) in [6, 6.07) is 0. The fraction of sp³-hybridized carbons (Fsp3) is 1.00. The third-order valence-electron chi connectivity index (χ3n) is 1.34. The van der Waals surface area contributed by atoms with Crippen molar-refractivity contribution in [3.63, 3.8) is 0 Å². The van der Waals surface area contributed by atoms with E-state index in [0.29, 0.717) is 0 Å². The number of rotatable bonds is 0. The Bertz CT molecular complexity index is 104. The molecule has 0 spiro atoms. The molecule has 0 aliphatic carbocycles. The van der Waals surface area contributed by atoms with Crippen LogP contribution in [0.25, 0.3) is 0 Å². The summed E-state index contributed by atoms with van der Waals surface area (Å²) in [5.74, 6) is -0.0613. The first-order valence-electron chi connectivity index (χ1n) is 4.31. The highest BCUT2D eigenvalue weighted by Gasteiger charge is 2.04. The van der Waals surface area contributed by atoms with Gasteiger partial charge in [0, 0.05) is 4.11 Å². The highest BCUT2D eigenvalue weighted by molar-refractivity contribution is 4.62. The maximum Gasteiger partial charge on any atom is 0.0233 e. The van der Waals surface area contributed by atoms with E-state index in [4.69, 9.17) is 4.11 Å². The van der Waals surface area contributed by atoms with Crippen molar-refractivity contribution in [2.75, 3.05) is 13.1 Å². The Balaban J connectivity index is 2.39. The van der Waals surface area contributed by atoms with Gasteiger partial charge in [-0.15, -0.1) is 0 Å². The molecule has 0 aromatic carbocycles. The molecule has 0 atom stereocenters. The molecule has 0 bridgehead atoms. The van der Waals surface area contributed by atoms with E-state index >= 15 is 0 Å². The third kappa shape index (κ3) is 1.48. The van der Waals surface area contributed by atoms with Crippen LogP contribution in [-0.2, 0) is 0 Å². The summed E-state index contributed by atoms with van der Waals surface area (Å²) in [7, 11) is 0. The Morgan fingerprint density at radius 1 is 1.57 bits per heavy atom. The van der Waals surface area contributed by atoms with E-state index in [1.807, 2.05) is 0 Å². The molecule has 1 heteroatoms. The van der Waals surface area contributed by atoms with Crippen molar-refractivity contribution in [3.8, 4) is 0 Å². The third-order valence-corrected chi connectivity index (χ3v) is 1.34. The number of hydrogen-bond donors (Lipinski definition) is 1. The molecule has 7 heavy (non-hydrogen) atoms. The molecule has 0 unspecified atom stereocenters. The van der Waals surface area contributed by atoms with Crippen LogP contribution >= 0.6 is 0 Å². The molecule has 0 aromatic heterocycles. The summed E-state index contributed by atoms with van der Waals surface area (Å²) in [5.41, 5.74) is 0. The van der Waals surface area contributed by atoms with Gasteiger partial charge in [0.2, 0.25) is 0 Å². The summed E-state index contributed by atoms with van der Waals surface area (Å²) >= 11 is 0. The highest BCUT2D eigenvalue weighted by Crippen LogP contribution is 2.08. The number of nitrogens with one attached hydrogen (secondary N) is 1. The standard InChI is InChI=1S/C6H13N/c1-6-2-4-7-5-3-6/h6-7H,2-5H2,1H3/i1D3. The second-order valence-electron chi connectivity index (χ2n) is 2.02. The van der Waals surface area contributed by atoms with Crippen molar-refractivity contribution in [1.82, 2.24) is 5.32 Å². The van der Waals surface area contributed by atoms with Crippen molar-refractivity contribution in [1.29, 1.82) is 0 Å². The first kappa shape index (κ1) is 2.49. The average molecular weight is 102 g/mol. The van der Waals surface area contributed by atoms with E-state index < -0.39 is 6.85 Å². The van der Waals surface area contributed by atoms with Crippen LogP contribution in [0, 0.1) is 5.92 Å². The second kappa shape index (κ2) is 2.31. The van der Waals surface area contributed by atoms with Crippen molar-refractivity contribution in [2.45, 2.75) is 19.7 Å². The first-order valence-corrected chi connectivity index (χ1v) is 2.81. The molecule has 1 N–H and O–H groups in total. The number of hydrogen-bond acceptors (Lipinski definition) is 1. The smallest absolute Gasteiger partial charge is 0.0233 e. The van der Waals surface area contributed by atoms with Gasteiger partial charge in [0.1, 0.15) is 0 Å². The van der Waals surface area contributed by atoms with Crippen LogP contribution < -0.4 is 5.32 Å². The second-order valence-corrected chi connectivity index (χ2v) is 2.02. The van der Waals surface area contributed by atoms with Crippen LogP contribution in [0.2, 0.25) is 0 Å². The van der Waals surface area contributed by atoms with E-state index in [2.05, 4.69) is 5.32 Å². The van der Waals surface area contributed by atoms with E-state index in [1.54, 1.807) is 0 Å². The van der Waals surface area contributed by atoms with Gasteiger partial charge in [-0.3, -0.25) is 0 Å². The molecular formula is C6H13N. The zero-order valence-electron chi connectivity index (χ0n) is 7.41. The van der Waals surface area contributed by atoms with Gasteiger partial charge < -0.3 is 5.32 Å². The normalized spacial score (nSPS) is 33.4. The fourth-order valence-corrected chi connectivity index (χ4v) is 0.822. The Labute approximate surface area is 49.3 Å². The highest BCUT2D eigenvalue weighted by atomic mass is 14.9. The van der Waals surface area contributed by atoms with Crippen molar-refractivity contribution in [3.05, 3.63) is 0 Å². The van der Waals surface area contributed by atoms with Crippen LogP contribution in [0.4, 0.5) is 0 Å². The summed E-state index contributed by atoms with van der Waals surface area (Å²) < 4.78 is 21.4. The Morgan fingerprint density at radius 3 is 2.71 bits per heavy atom. The minimum Gasteiger partial charge on any atom is -0.317 e. The molecule has 1 aliphatic heterocycles. The van der Waals surface area contributed by atoms with Crippen LogP contribution in [0.15, 0.2) is 0 Å². The maximum atomic E-state index is 7.13. The molecule has 0 amide bonds. The van der Waals surface area contributed by atoms with E-state index in [0.717, 1.165) is 25.9 Å². The van der Waals surface area contributed by atoms with E-state index in [-0.39, 0.29) is 5.92 Å². The minimum atomic E-state index is -1.72. The Hall–Kier alpha value is -0.0400. The van der Waals surface area contributed by atoms with Gasteiger partial charge in [-0.25, -0.2) is 0 Å². The fourth-order valence-electron chi connectivity index (χ4n) is 0.822. The summed E-state index contributed by atoms with van der Waals surface area (Å²) in [6.45, 7) is 0.00815. The number of piperidine rings is 1. The predicted molar refractivity (Wildman–Crippen MR) is 31.3 cm³/mol. The molecular weight excluding hydrogens is 86.1 g/mol. The molecule has 1 rings (SSSR count). The predicted octanol–water partition coefficient (Wildman–Crippen LogP) is 1.01. The van der Waals surface area contributed by atoms with Gasteiger partial charge in [-0.05, 0) is 31.8 Å². The molecule has 1 aliphatic rings. The molecule has 1 heterocycles. The first-order chi connectivity index (χ1) is 4.61. The van der Waals surface area contributed by atoms with Gasteiger partial charge >= 0.3 is 0 Å². The summed E-state index contributed by atoms with van der Waals surface area (Å²) in [6.07, 6.45) is 1.60. The Kier molecular flexibility index (Phi) is 0.824. The lowest BCUT2D eigenvalue weighted by atomic mass is 10.0. The molecule has 1 nitrogen and oxygen atoms in total. The lowest BCUT2D eigenvalue weighted by molar-refractivity contribution is 0.402. The molecule has 0 radical (unpaired) electrons. The molecule has 42 valence electrons. The van der Waals surface area contributed by atoms with Gasteiger partial charge in [0.15, 0.2) is 0 Å². The molecule has 1 saturated heterocycles.